The molecule has 0 aliphatic rings. The van der Waals surface area contributed by atoms with Crippen molar-refractivity contribution < 1.29 is 19.1 Å². The lowest BCUT2D eigenvalue weighted by molar-refractivity contribution is -0.0788. The van der Waals surface area contributed by atoms with Crippen LogP contribution in [0.2, 0.25) is 0 Å². The van der Waals surface area contributed by atoms with Gasteiger partial charge in [0.15, 0.2) is 0 Å². The molecule has 1 aromatic carbocycles. The molecule has 1 rings (SSSR count). The van der Waals surface area contributed by atoms with E-state index in [4.69, 9.17) is 5.73 Å². The van der Waals surface area contributed by atoms with E-state index in [1.807, 2.05) is 0 Å². The smallest absolute Gasteiger partial charge is 0.366 e. The van der Waals surface area contributed by atoms with E-state index in [9.17, 15) is 14.1 Å². The second-order valence-corrected chi connectivity index (χ2v) is 2.82. The van der Waals surface area contributed by atoms with Crippen molar-refractivity contribution >= 4 is 11.9 Å². The maximum Gasteiger partial charge on any atom is 0.379 e. The van der Waals surface area contributed by atoms with E-state index in [2.05, 4.69) is 4.94 Å². The van der Waals surface area contributed by atoms with Crippen molar-refractivity contribution in [3.05, 3.63) is 34.9 Å². The Morgan fingerprint density at radius 2 is 1.86 bits per heavy atom. The molecule has 0 aliphatic heterocycles. The summed E-state index contributed by atoms with van der Waals surface area (Å²) in [5.41, 5.74) is 5.74. The molecule has 0 bridgehead atoms. The van der Waals surface area contributed by atoms with Crippen LogP contribution in [-0.4, -0.2) is 11.9 Å². The fraction of sp³-hybridized carbons (Fsp3) is 0.111. The lowest BCUT2D eigenvalue weighted by Crippen LogP contribution is -2.12. The molecule has 0 radical (unpaired) electrons. The number of benzene rings is 1. The number of aryl methyl sites for hydroxylation is 1. The fourth-order valence-corrected chi connectivity index (χ4v) is 1.09. The van der Waals surface area contributed by atoms with Crippen LogP contribution in [0, 0.1) is 6.92 Å². The quantitative estimate of drug-likeness (QED) is 0.772. The summed E-state index contributed by atoms with van der Waals surface area (Å²) in [4.78, 5) is 24.6. The highest BCUT2D eigenvalue weighted by atomic mass is 19.3. The van der Waals surface area contributed by atoms with Crippen molar-refractivity contribution in [3.63, 3.8) is 0 Å². The van der Waals surface area contributed by atoms with Crippen molar-refractivity contribution in [2.24, 2.45) is 5.73 Å². The van der Waals surface area contributed by atoms with Gasteiger partial charge in [-0.2, -0.15) is 0 Å². The van der Waals surface area contributed by atoms with Gasteiger partial charge in [0.25, 0.3) is 0 Å². The highest BCUT2D eigenvalue weighted by Crippen LogP contribution is 2.10. The zero-order valence-corrected chi connectivity index (χ0v) is 7.41. The second-order valence-electron chi connectivity index (χ2n) is 2.82. The second kappa shape index (κ2) is 3.87. The summed E-state index contributed by atoms with van der Waals surface area (Å²) >= 11 is 0. The minimum atomic E-state index is -1.14. The first-order chi connectivity index (χ1) is 6.54. The Balaban J connectivity index is 3.20. The minimum Gasteiger partial charge on any atom is -0.366 e. The molecule has 74 valence electrons. The molecule has 4 nitrogen and oxygen atoms in total. The molecule has 0 spiro atoms. The van der Waals surface area contributed by atoms with Crippen molar-refractivity contribution in [1.29, 1.82) is 0 Å². The maximum atomic E-state index is 11.6. The summed E-state index contributed by atoms with van der Waals surface area (Å²) in [5, 5.41) is 0. The fourth-order valence-electron chi connectivity index (χ4n) is 1.09. The average molecular weight is 197 g/mol. The van der Waals surface area contributed by atoms with Crippen LogP contribution in [0.25, 0.3) is 0 Å². The predicted molar refractivity (Wildman–Crippen MR) is 46.2 cm³/mol. The van der Waals surface area contributed by atoms with Gasteiger partial charge in [0.1, 0.15) is 0 Å². The summed E-state index contributed by atoms with van der Waals surface area (Å²) < 4.78 is 11.6. The van der Waals surface area contributed by atoms with Crippen molar-refractivity contribution in [1.82, 2.24) is 0 Å². The Kier molecular flexibility index (Phi) is 2.81. The zero-order chi connectivity index (χ0) is 10.7. The number of carbonyl (C=O) groups is 2. The number of carbonyl (C=O) groups excluding carboxylic acids is 2. The first-order valence-electron chi connectivity index (χ1n) is 3.79. The number of halogens is 1. The molecule has 0 aliphatic carbocycles. The van der Waals surface area contributed by atoms with Gasteiger partial charge in [-0.25, -0.2) is 9.74 Å². The first kappa shape index (κ1) is 10.2. The molecule has 0 unspecified atom stereocenters. The Morgan fingerprint density at radius 1 is 1.29 bits per heavy atom. The van der Waals surface area contributed by atoms with Crippen molar-refractivity contribution in [2.45, 2.75) is 6.92 Å². The normalized spacial score (nSPS) is 9.57. The van der Waals surface area contributed by atoms with Gasteiger partial charge in [0.05, 0.1) is 5.56 Å². The molecule has 0 heterocycles. The van der Waals surface area contributed by atoms with Gasteiger partial charge in [0.2, 0.25) is 5.91 Å². The van der Waals surface area contributed by atoms with E-state index >= 15 is 0 Å². The van der Waals surface area contributed by atoms with E-state index < -0.39 is 11.9 Å². The van der Waals surface area contributed by atoms with E-state index in [0.29, 0.717) is 5.56 Å². The molecule has 1 amide bonds. The molecule has 14 heavy (non-hydrogen) atoms. The minimum absolute atomic E-state index is 0.0405. The van der Waals surface area contributed by atoms with Crippen LogP contribution < -0.4 is 5.73 Å². The highest BCUT2D eigenvalue weighted by molar-refractivity contribution is 5.97. The van der Waals surface area contributed by atoms with Crippen LogP contribution in [0.1, 0.15) is 26.3 Å². The topological polar surface area (TPSA) is 69.4 Å². The van der Waals surface area contributed by atoms with Gasteiger partial charge in [0, 0.05) is 10.1 Å². The molecular formula is C9H8FNO3. The molecule has 0 aromatic heterocycles. The molecule has 1 aromatic rings. The SMILES string of the molecule is Cc1cc(C(N)=O)cc(C(=O)OF)c1. The van der Waals surface area contributed by atoms with Crippen LogP contribution in [0.4, 0.5) is 4.53 Å². The number of primary amides is 1. The molecule has 5 heteroatoms. The lowest BCUT2D eigenvalue weighted by atomic mass is 10.1. The largest absolute Gasteiger partial charge is 0.379 e. The third-order valence-corrected chi connectivity index (χ3v) is 1.67. The van der Waals surface area contributed by atoms with E-state index in [1.165, 1.54) is 18.2 Å². The first-order valence-corrected chi connectivity index (χ1v) is 3.79. The van der Waals surface area contributed by atoms with Crippen LogP contribution >= 0.6 is 0 Å². The van der Waals surface area contributed by atoms with E-state index in [0.717, 1.165) is 0 Å². The monoisotopic (exact) mass is 197 g/mol. The van der Waals surface area contributed by atoms with E-state index in [1.54, 1.807) is 6.92 Å². The molecule has 0 fully saturated rings. The van der Waals surface area contributed by atoms with Gasteiger partial charge in [-0.3, -0.25) is 4.79 Å². The highest BCUT2D eigenvalue weighted by Gasteiger charge is 2.11. The predicted octanol–water partition coefficient (Wildman–Crippen LogP) is 1.14. The average Bonchev–Trinajstić information content (AvgIpc) is 2.15. The molecular weight excluding hydrogens is 189 g/mol. The Bertz CT molecular complexity index is 390. The van der Waals surface area contributed by atoms with E-state index in [-0.39, 0.29) is 11.1 Å². The number of nitrogens with two attached hydrogens (primary N) is 1. The third-order valence-electron chi connectivity index (χ3n) is 1.67. The summed E-state index contributed by atoms with van der Waals surface area (Å²) in [5.74, 6) is -1.82. The maximum absolute atomic E-state index is 11.6. The number of hydrogen-bond donors (Lipinski definition) is 1. The summed E-state index contributed by atoms with van der Waals surface area (Å²) in [6, 6.07) is 4.07. The van der Waals surface area contributed by atoms with Crippen molar-refractivity contribution in [2.75, 3.05) is 0 Å². The van der Waals surface area contributed by atoms with Gasteiger partial charge in [-0.15, -0.1) is 0 Å². The molecule has 0 saturated heterocycles. The summed E-state index contributed by atoms with van der Waals surface area (Å²) in [7, 11) is 0. The van der Waals surface area contributed by atoms with Gasteiger partial charge >= 0.3 is 5.97 Å². The number of rotatable bonds is 2. The molecule has 0 atom stereocenters. The molecule has 2 N–H and O–H groups in total. The van der Waals surface area contributed by atoms with Crippen LogP contribution in [-0.2, 0) is 4.94 Å². The Labute approximate surface area is 79.4 Å². The van der Waals surface area contributed by atoms with Crippen LogP contribution in [0.3, 0.4) is 0 Å². The zero-order valence-electron chi connectivity index (χ0n) is 7.41. The van der Waals surface area contributed by atoms with Crippen molar-refractivity contribution in [3.8, 4) is 0 Å². The molecule has 0 saturated carbocycles. The van der Waals surface area contributed by atoms with Gasteiger partial charge in [-0.05, 0) is 30.7 Å². The Morgan fingerprint density at radius 3 is 2.36 bits per heavy atom. The van der Waals surface area contributed by atoms with Crippen LogP contribution in [0.5, 0.6) is 0 Å². The Hall–Kier alpha value is -1.91. The van der Waals surface area contributed by atoms with Gasteiger partial charge < -0.3 is 5.73 Å². The standard InChI is InChI=1S/C9H8FNO3/c1-5-2-6(8(11)12)4-7(3-5)9(13)14-10/h2-4H,1H3,(H2,11,12). The summed E-state index contributed by atoms with van der Waals surface area (Å²) in [6.45, 7) is 1.65. The summed E-state index contributed by atoms with van der Waals surface area (Å²) in [6.07, 6.45) is 0. The lowest BCUT2D eigenvalue weighted by Gasteiger charge is -2.01. The van der Waals surface area contributed by atoms with Gasteiger partial charge in [-0.1, -0.05) is 0 Å². The number of amides is 1. The number of hydrogen-bond acceptors (Lipinski definition) is 3. The van der Waals surface area contributed by atoms with Crippen LogP contribution in [0.15, 0.2) is 18.2 Å². The third kappa shape index (κ3) is 2.07.